The Bertz CT molecular complexity index is 740. The van der Waals surface area contributed by atoms with Crippen LogP contribution in [0.1, 0.15) is 124 Å². The number of amides is 1. The van der Waals surface area contributed by atoms with Gasteiger partial charge in [-0.05, 0) is 13.0 Å². The lowest BCUT2D eigenvalue weighted by atomic mass is 9.96. The first kappa shape index (κ1) is 40.0. The van der Waals surface area contributed by atoms with Crippen molar-refractivity contribution >= 4 is 20.0 Å². The molecule has 1 amide bonds. The van der Waals surface area contributed by atoms with E-state index < -0.39 is 57.4 Å². The Labute approximate surface area is 262 Å². The minimum Gasteiger partial charge on any atom is -0.479 e. The Morgan fingerprint density at radius 1 is 0.860 bits per heavy atom. The van der Waals surface area contributed by atoms with Crippen LogP contribution in [0.3, 0.4) is 0 Å². The highest BCUT2D eigenvalue weighted by Gasteiger charge is 2.48. The van der Waals surface area contributed by atoms with Crippen molar-refractivity contribution in [3.63, 3.8) is 0 Å². The summed E-state index contributed by atoms with van der Waals surface area (Å²) in [4.78, 5) is 23.3. The molecule has 254 valence electrons. The molecule has 0 radical (unpaired) electrons. The minimum atomic E-state index is -1.52. The molecule has 0 saturated carbocycles. The zero-order valence-corrected chi connectivity index (χ0v) is 29.0. The van der Waals surface area contributed by atoms with E-state index in [9.17, 15) is 24.9 Å². The summed E-state index contributed by atoms with van der Waals surface area (Å²) in [5.74, 6) is -1.58. The van der Waals surface area contributed by atoms with Crippen molar-refractivity contribution in [3.05, 3.63) is 0 Å². The number of aliphatic hydroxyl groups excluding tert-OH is 2. The molecule has 0 spiro atoms. The number of ether oxygens (including phenoxy) is 3. The maximum absolute atomic E-state index is 11.9. The monoisotopic (exact) mass is 631 g/mol. The van der Waals surface area contributed by atoms with E-state index in [1.54, 1.807) is 0 Å². The first-order chi connectivity index (χ1) is 20.5. The molecule has 0 aromatic rings. The lowest BCUT2D eigenvalue weighted by Crippen LogP contribution is -2.66. The van der Waals surface area contributed by atoms with E-state index in [1.807, 2.05) is 0 Å². The Morgan fingerprint density at radius 3 is 1.79 bits per heavy atom. The van der Waals surface area contributed by atoms with Gasteiger partial charge in [-0.15, -0.1) is 0 Å². The summed E-state index contributed by atoms with van der Waals surface area (Å²) in [6.45, 7) is 9.58. The van der Waals surface area contributed by atoms with Gasteiger partial charge >= 0.3 is 5.97 Å². The van der Waals surface area contributed by atoms with E-state index in [0.717, 1.165) is 6.04 Å². The number of carbonyl (C=O) groups is 2. The first-order valence-corrected chi connectivity index (χ1v) is 20.6. The molecule has 1 aliphatic heterocycles. The molecular weight excluding hydrogens is 566 g/mol. The number of aliphatic carboxylic acids is 1. The van der Waals surface area contributed by atoms with E-state index in [1.165, 1.54) is 123 Å². The number of hydrogen-bond donors (Lipinski definition) is 4. The first-order valence-electron chi connectivity index (χ1n) is 17.2. The van der Waals surface area contributed by atoms with E-state index >= 15 is 0 Å². The van der Waals surface area contributed by atoms with Crippen LogP contribution in [-0.4, -0.2) is 85.2 Å². The Morgan fingerprint density at radius 2 is 1.35 bits per heavy atom. The molecule has 0 bridgehead atoms. The third kappa shape index (κ3) is 17.9. The average molecular weight is 632 g/mol. The van der Waals surface area contributed by atoms with Crippen LogP contribution in [0.2, 0.25) is 25.2 Å². The molecule has 4 N–H and O–H groups in total. The Kier molecular flexibility index (Phi) is 21.7. The fourth-order valence-corrected chi connectivity index (χ4v) is 7.91. The number of nitrogens with one attached hydrogen (secondary N) is 1. The number of carbonyl (C=O) groups excluding carboxylic acids is 1. The van der Waals surface area contributed by atoms with E-state index in [-0.39, 0.29) is 5.91 Å². The van der Waals surface area contributed by atoms with E-state index in [4.69, 9.17) is 14.2 Å². The van der Waals surface area contributed by atoms with Crippen LogP contribution in [0.15, 0.2) is 0 Å². The normalized spacial score (nSPS) is 23.3. The zero-order valence-electron chi connectivity index (χ0n) is 28.0. The number of unbranched alkanes of at least 4 members (excludes halogenated alkanes) is 15. The second kappa shape index (κ2) is 23.3. The minimum absolute atomic E-state index is 0.383. The van der Waals surface area contributed by atoms with Gasteiger partial charge in [0, 0.05) is 21.6 Å². The molecule has 9 nitrogen and oxygen atoms in total. The summed E-state index contributed by atoms with van der Waals surface area (Å²) < 4.78 is 17.5. The number of carboxylic acids is 1. The van der Waals surface area contributed by atoms with Gasteiger partial charge in [0.05, 0.1) is 6.61 Å². The van der Waals surface area contributed by atoms with Crippen LogP contribution in [0.5, 0.6) is 0 Å². The van der Waals surface area contributed by atoms with Crippen molar-refractivity contribution in [1.82, 2.24) is 5.32 Å². The highest BCUT2D eigenvalue weighted by atomic mass is 28.3. The molecule has 43 heavy (non-hydrogen) atoms. The van der Waals surface area contributed by atoms with Crippen molar-refractivity contribution in [2.24, 2.45) is 0 Å². The van der Waals surface area contributed by atoms with Crippen molar-refractivity contribution in [1.29, 1.82) is 0 Å². The highest BCUT2D eigenvalue weighted by molar-refractivity contribution is 6.77. The van der Waals surface area contributed by atoms with Crippen molar-refractivity contribution < 1.29 is 39.1 Å². The molecule has 0 aromatic heterocycles. The Hall–Kier alpha value is -1.04. The standard InChI is InChI=1S/C33H65NO8Si/c1-6-7-8-9-10-11-12-13-14-15-16-17-18-19-20-21-23-43(4,5)24-22-40-33-29(34-27(3)36)31(41-26(2)32(38)39)30(37)28(25-35)42-33/h26,28-31,33,35,37H,6-25H2,1-5H3,(H,34,36)(H,38,39)/t26?,28?,29?,30-,31?,33-/m1/s1. The second-order valence-corrected chi connectivity index (χ2v) is 18.7. The van der Waals surface area contributed by atoms with Gasteiger partial charge in [-0.3, -0.25) is 4.79 Å². The van der Waals surface area contributed by atoms with Gasteiger partial charge in [0.25, 0.3) is 0 Å². The van der Waals surface area contributed by atoms with Crippen LogP contribution in [-0.2, 0) is 23.8 Å². The molecule has 0 aliphatic carbocycles. The van der Waals surface area contributed by atoms with E-state index in [2.05, 4.69) is 25.3 Å². The molecule has 4 unspecified atom stereocenters. The summed E-state index contributed by atoms with van der Waals surface area (Å²) in [6, 6.07) is 1.21. The third-order valence-corrected chi connectivity index (χ3v) is 12.0. The number of hydrogen-bond acceptors (Lipinski definition) is 7. The van der Waals surface area contributed by atoms with Gasteiger partial charge in [0.1, 0.15) is 24.4 Å². The number of carboxylic acid groups (broad SMARTS) is 1. The molecule has 1 saturated heterocycles. The number of rotatable bonds is 26. The Balaban J connectivity index is 2.30. The molecule has 0 aromatic carbocycles. The smallest absolute Gasteiger partial charge is 0.332 e. The molecule has 1 fully saturated rings. The van der Waals surface area contributed by atoms with Crippen LogP contribution >= 0.6 is 0 Å². The topological polar surface area (TPSA) is 135 Å². The molecule has 6 atom stereocenters. The highest BCUT2D eigenvalue weighted by Crippen LogP contribution is 2.27. The maximum Gasteiger partial charge on any atom is 0.332 e. The van der Waals surface area contributed by atoms with Gasteiger partial charge < -0.3 is 34.8 Å². The van der Waals surface area contributed by atoms with Gasteiger partial charge in [-0.1, -0.05) is 129 Å². The van der Waals surface area contributed by atoms with Crippen LogP contribution in [0.4, 0.5) is 0 Å². The van der Waals surface area contributed by atoms with Gasteiger partial charge in [0.2, 0.25) is 5.91 Å². The zero-order chi connectivity index (χ0) is 32.1. The summed E-state index contributed by atoms with van der Waals surface area (Å²) in [5, 5.41) is 32.4. The number of aliphatic hydroxyl groups is 2. The summed E-state index contributed by atoms with van der Waals surface area (Å²) in [7, 11) is -1.52. The molecule has 1 aliphatic rings. The predicted octanol–water partition coefficient (Wildman–Crippen LogP) is 6.41. The van der Waals surface area contributed by atoms with Crippen molar-refractivity contribution in [2.45, 2.75) is 185 Å². The summed E-state index contributed by atoms with van der Waals surface area (Å²) >= 11 is 0. The molecule has 1 rings (SSSR count). The van der Waals surface area contributed by atoms with Crippen molar-refractivity contribution in [3.8, 4) is 0 Å². The van der Waals surface area contributed by atoms with Gasteiger partial charge in [-0.2, -0.15) is 0 Å². The maximum atomic E-state index is 11.9. The van der Waals surface area contributed by atoms with Crippen LogP contribution < -0.4 is 5.32 Å². The van der Waals surface area contributed by atoms with Crippen molar-refractivity contribution in [2.75, 3.05) is 13.2 Å². The van der Waals surface area contributed by atoms with Gasteiger partial charge in [0.15, 0.2) is 12.4 Å². The lowest BCUT2D eigenvalue weighted by Gasteiger charge is -2.44. The quantitative estimate of drug-likeness (QED) is 0.0635. The average Bonchev–Trinajstić information content (AvgIpc) is 2.95. The summed E-state index contributed by atoms with van der Waals surface area (Å²) in [6.07, 6.45) is 16.2. The molecule has 1 heterocycles. The lowest BCUT2D eigenvalue weighted by molar-refractivity contribution is -0.280. The SMILES string of the molecule is CCCCCCCCCCCCCCCCCC[Si](C)(C)CCO[C@@H]1OC(CO)[C@@H](O)C(OC(C)C(=O)O)C1NC(C)=O. The molecule has 10 heteroatoms. The predicted molar refractivity (Wildman–Crippen MR) is 174 cm³/mol. The van der Waals surface area contributed by atoms with Gasteiger partial charge in [-0.25, -0.2) is 4.79 Å². The fourth-order valence-electron chi connectivity index (χ4n) is 5.78. The molecular formula is C33H65NO8Si. The third-order valence-electron chi connectivity index (χ3n) is 8.70. The van der Waals surface area contributed by atoms with Crippen LogP contribution in [0, 0.1) is 0 Å². The van der Waals surface area contributed by atoms with E-state index in [0.29, 0.717) is 6.61 Å². The summed E-state index contributed by atoms with van der Waals surface area (Å²) in [5.41, 5.74) is 0. The largest absolute Gasteiger partial charge is 0.479 e. The second-order valence-electron chi connectivity index (χ2n) is 13.4. The van der Waals surface area contributed by atoms with Crippen LogP contribution in [0.25, 0.3) is 0 Å². The fraction of sp³-hybridized carbons (Fsp3) is 0.939.